The van der Waals surface area contributed by atoms with E-state index in [4.69, 9.17) is 26.2 Å². The minimum Gasteiger partial charge on any atom is -0.481 e. The van der Waals surface area contributed by atoms with Crippen LogP contribution in [0.1, 0.15) is 33.2 Å². The molecule has 9 nitrogen and oxygen atoms in total. The van der Waals surface area contributed by atoms with E-state index in [-0.39, 0.29) is 17.2 Å². The van der Waals surface area contributed by atoms with Gasteiger partial charge in [0.2, 0.25) is 0 Å². The second-order valence-electron chi connectivity index (χ2n) is 7.62. The normalized spacial score (nSPS) is 11.1. The number of carbonyl (C=O) groups excluding carboxylic acids is 1. The number of benzene rings is 4. The largest absolute Gasteiger partial charge is 0.481 e. The van der Waals surface area contributed by atoms with Crippen LogP contribution < -0.4 is 11.5 Å². The van der Waals surface area contributed by atoms with Crippen LogP contribution in [-0.4, -0.2) is 40.6 Å². The zero-order chi connectivity index (χ0) is 28.4. The first-order chi connectivity index (χ1) is 18.0. The number of nitrogens with zero attached hydrogens (tertiary/aromatic N) is 1. The molecule has 0 fully saturated rings. The molecule has 0 radical (unpaired) electrons. The third-order valence-corrected chi connectivity index (χ3v) is 6.84. The number of anilines is 1. The van der Waals surface area contributed by atoms with E-state index < -0.39 is 11.9 Å². The summed E-state index contributed by atoms with van der Waals surface area (Å²) in [6, 6.07) is 19.0. The summed E-state index contributed by atoms with van der Waals surface area (Å²) in [6.07, 6.45) is 3.14. The highest BCUT2D eigenvalue weighted by molar-refractivity contribution is 9.11. The van der Waals surface area contributed by atoms with Crippen molar-refractivity contribution in [3.63, 3.8) is 0 Å². The molecule has 5 rings (SSSR count). The van der Waals surface area contributed by atoms with Crippen molar-refractivity contribution in [3.8, 4) is 0 Å². The van der Waals surface area contributed by atoms with E-state index in [9.17, 15) is 9.59 Å². The first-order valence-corrected chi connectivity index (χ1v) is 12.5. The number of aliphatic imine (C=N–C) groups is 1. The fourth-order valence-corrected chi connectivity index (χ4v) is 4.83. The first-order valence-electron chi connectivity index (χ1n) is 10.9. The van der Waals surface area contributed by atoms with E-state index in [1.54, 1.807) is 12.3 Å². The van der Waals surface area contributed by atoms with E-state index in [1.165, 1.54) is 0 Å². The molecule has 38 heavy (non-hydrogen) atoms. The van der Waals surface area contributed by atoms with Gasteiger partial charge in [-0.05, 0) is 71.1 Å². The number of carbonyl (C=O) groups is 3. The van der Waals surface area contributed by atoms with Gasteiger partial charge >= 0.3 is 5.97 Å². The van der Waals surface area contributed by atoms with Gasteiger partial charge in [-0.15, -0.1) is 0 Å². The Morgan fingerprint density at radius 1 is 0.974 bits per heavy atom. The fourth-order valence-electron chi connectivity index (χ4n) is 3.52. The standard InChI is InChI=1S/C13H8BrNO.C11H8BrNO2.C2H4O2.CH4N2/c14-12-9-4-2-1-3-8(9)7-11-10(12)5-6-15-13(11)16;12-9-7-4-2-1-3-6(7)5-8(10(9)13)11(14)15;1-2(3)4;2-1-3/h1-4,6-7H,5H2;1-5H,13H2,(H,14,15);1H3,(H,3,4);1H,(H3,2,3). The van der Waals surface area contributed by atoms with Crippen LogP contribution in [-0.2, 0) is 11.2 Å². The van der Waals surface area contributed by atoms with E-state index >= 15 is 0 Å². The SMILES string of the molecule is CC(=O)O.N=CN.Nc1c(C(=O)O)cc2ccccc2c1Br.O=C1N=CCc2c1cc1ccccc1c2Br. The summed E-state index contributed by atoms with van der Waals surface area (Å²) in [5, 5.41) is 26.2. The molecule has 4 aromatic carbocycles. The molecular weight excluding hydrogens is 620 g/mol. The lowest BCUT2D eigenvalue weighted by atomic mass is 9.97. The summed E-state index contributed by atoms with van der Waals surface area (Å²) < 4.78 is 1.65. The monoisotopic (exact) mass is 642 g/mol. The molecule has 0 saturated heterocycles. The molecule has 0 saturated carbocycles. The molecule has 196 valence electrons. The number of nitrogen functional groups attached to an aromatic ring is 1. The van der Waals surface area contributed by atoms with Crippen molar-refractivity contribution in [2.75, 3.05) is 5.73 Å². The molecule has 0 aliphatic carbocycles. The minimum atomic E-state index is -1.01. The van der Waals surface area contributed by atoms with Crippen LogP contribution in [0.5, 0.6) is 0 Å². The quantitative estimate of drug-likeness (QED) is 0.0973. The molecule has 0 bridgehead atoms. The van der Waals surface area contributed by atoms with Gasteiger partial charge in [0.15, 0.2) is 0 Å². The lowest BCUT2D eigenvalue weighted by Crippen LogP contribution is -2.09. The molecule has 4 aromatic rings. The number of halogens is 2. The van der Waals surface area contributed by atoms with Crippen molar-refractivity contribution in [1.29, 1.82) is 5.41 Å². The number of nitrogens with two attached hydrogens (primary N) is 2. The molecule has 1 heterocycles. The Morgan fingerprint density at radius 3 is 1.97 bits per heavy atom. The van der Waals surface area contributed by atoms with Crippen LogP contribution in [0.15, 0.2) is 74.6 Å². The number of hydrogen-bond donors (Lipinski definition) is 5. The molecule has 1 aliphatic heterocycles. The lowest BCUT2D eigenvalue weighted by Gasteiger charge is -2.13. The van der Waals surface area contributed by atoms with Crippen molar-refractivity contribution in [1.82, 2.24) is 0 Å². The lowest BCUT2D eigenvalue weighted by molar-refractivity contribution is -0.134. The Bertz CT molecular complexity index is 1550. The maximum atomic E-state index is 11.7. The third kappa shape index (κ3) is 7.46. The smallest absolute Gasteiger partial charge is 0.337 e. The van der Waals surface area contributed by atoms with Gasteiger partial charge in [-0.2, -0.15) is 0 Å². The molecule has 0 aromatic heterocycles. The van der Waals surface area contributed by atoms with Crippen molar-refractivity contribution >= 4 is 89.5 Å². The van der Waals surface area contributed by atoms with Crippen LogP contribution in [0.4, 0.5) is 5.69 Å². The van der Waals surface area contributed by atoms with Gasteiger partial charge in [0.1, 0.15) is 0 Å². The average Bonchev–Trinajstić information content (AvgIpc) is 2.87. The van der Waals surface area contributed by atoms with Gasteiger partial charge < -0.3 is 21.7 Å². The molecule has 0 unspecified atom stereocenters. The van der Waals surface area contributed by atoms with Gasteiger partial charge in [-0.25, -0.2) is 9.79 Å². The van der Waals surface area contributed by atoms with Crippen molar-refractivity contribution < 1.29 is 24.6 Å². The highest BCUT2D eigenvalue weighted by Crippen LogP contribution is 2.33. The molecule has 1 amide bonds. The summed E-state index contributed by atoms with van der Waals surface area (Å²) >= 11 is 6.89. The summed E-state index contributed by atoms with van der Waals surface area (Å²) in [7, 11) is 0. The molecular formula is C27H24Br2N4O5. The highest BCUT2D eigenvalue weighted by atomic mass is 79.9. The number of amides is 1. The summed E-state index contributed by atoms with van der Waals surface area (Å²) in [5.74, 6) is -1.99. The van der Waals surface area contributed by atoms with Gasteiger partial charge in [0, 0.05) is 34.1 Å². The minimum absolute atomic E-state index is 0.126. The summed E-state index contributed by atoms with van der Waals surface area (Å²) in [6.45, 7) is 1.08. The van der Waals surface area contributed by atoms with E-state index in [1.807, 2.05) is 48.5 Å². The molecule has 11 heteroatoms. The zero-order valence-electron chi connectivity index (χ0n) is 20.1. The highest BCUT2D eigenvalue weighted by Gasteiger charge is 2.18. The van der Waals surface area contributed by atoms with Crippen LogP contribution in [0.25, 0.3) is 21.5 Å². The van der Waals surface area contributed by atoms with E-state index in [0.29, 0.717) is 16.5 Å². The maximum Gasteiger partial charge on any atom is 0.337 e. The fraction of sp³-hybridized carbons (Fsp3) is 0.0741. The van der Waals surface area contributed by atoms with Gasteiger partial charge in [-0.1, -0.05) is 48.5 Å². The van der Waals surface area contributed by atoms with Crippen molar-refractivity contribution in [3.05, 3.63) is 86.3 Å². The number of fused-ring (bicyclic) bond motifs is 3. The predicted octanol–water partition coefficient (Wildman–Crippen LogP) is 5.90. The van der Waals surface area contributed by atoms with E-state index in [2.05, 4.69) is 48.7 Å². The number of carboxylic acid groups (broad SMARTS) is 2. The van der Waals surface area contributed by atoms with Gasteiger partial charge in [-0.3, -0.25) is 15.0 Å². The number of hydrogen-bond acceptors (Lipinski definition) is 5. The molecule has 0 spiro atoms. The van der Waals surface area contributed by atoms with E-state index in [0.717, 1.165) is 44.8 Å². The van der Waals surface area contributed by atoms with Gasteiger partial charge in [0.05, 0.1) is 17.6 Å². The van der Waals surface area contributed by atoms with Crippen molar-refractivity contribution in [2.24, 2.45) is 10.7 Å². The predicted molar refractivity (Wildman–Crippen MR) is 157 cm³/mol. The molecule has 0 atom stereocenters. The third-order valence-electron chi connectivity index (χ3n) is 5.08. The van der Waals surface area contributed by atoms with Crippen LogP contribution in [0, 0.1) is 5.41 Å². The Kier molecular flexibility index (Phi) is 11.1. The Balaban J connectivity index is 0.000000216. The average molecular weight is 644 g/mol. The summed E-state index contributed by atoms with van der Waals surface area (Å²) in [4.78, 5) is 35.4. The number of aromatic carboxylic acids is 1. The second-order valence-corrected chi connectivity index (χ2v) is 9.21. The zero-order valence-corrected chi connectivity index (χ0v) is 23.3. The van der Waals surface area contributed by atoms with Crippen LogP contribution in [0.3, 0.4) is 0 Å². The number of nitrogens with one attached hydrogen (secondary N) is 1. The number of aliphatic carboxylic acids is 1. The Labute approximate surface area is 234 Å². The number of carboxylic acids is 2. The van der Waals surface area contributed by atoms with Gasteiger partial charge in [0.25, 0.3) is 11.9 Å². The molecule has 1 aliphatic rings. The maximum absolute atomic E-state index is 11.7. The summed E-state index contributed by atoms with van der Waals surface area (Å²) in [5.41, 5.74) is 12.3. The van der Waals surface area contributed by atoms with Crippen molar-refractivity contribution in [2.45, 2.75) is 13.3 Å². The topological polar surface area (TPSA) is 180 Å². The van der Waals surface area contributed by atoms with Crippen LogP contribution >= 0.6 is 31.9 Å². The van der Waals surface area contributed by atoms with Crippen LogP contribution in [0.2, 0.25) is 0 Å². The molecule has 7 N–H and O–H groups in total. The Hall–Kier alpha value is -4.09. The first kappa shape index (κ1) is 30.1. The Morgan fingerprint density at radius 2 is 1.45 bits per heavy atom. The second kappa shape index (κ2) is 14.0. The number of rotatable bonds is 1.